The second kappa shape index (κ2) is 7.89. The summed E-state index contributed by atoms with van der Waals surface area (Å²) in [6.45, 7) is 4.00. The zero-order chi connectivity index (χ0) is 14.2. The van der Waals surface area contributed by atoms with Crippen LogP contribution in [-0.2, 0) is 0 Å². The summed E-state index contributed by atoms with van der Waals surface area (Å²) < 4.78 is 0. The van der Waals surface area contributed by atoms with Crippen molar-refractivity contribution in [3.05, 3.63) is 71.8 Å². The van der Waals surface area contributed by atoms with Gasteiger partial charge in [-0.25, -0.2) is 0 Å². The molecule has 1 aliphatic carbocycles. The molecule has 0 bridgehead atoms. The molecule has 0 saturated heterocycles. The highest BCUT2D eigenvalue weighted by Crippen LogP contribution is 2.43. The van der Waals surface area contributed by atoms with Gasteiger partial charge in [0.1, 0.15) is 0 Å². The summed E-state index contributed by atoms with van der Waals surface area (Å²) >= 11 is 0. The molecule has 2 unspecified atom stereocenters. The van der Waals surface area contributed by atoms with Gasteiger partial charge < -0.3 is 0 Å². The molecule has 1 saturated carbocycles. The molecule has 0 heterocycles. The van der Waals surface area contributed by atoms with E-state index in [1.807, 2.05) is 13.8 Å². The highest BCUT2D eigenvalue weighted by Gasteiger charge is 2.27. The highest BCUT2D eigenvalue weighted by atomic mass is 14.3. The van der Waals surface area contributed by atoms with Crippen molar-refractivity contribution >= 4 is 0 Å². The predicted molar refractivity (Wildman–Crippen MR) is 88.2 cm³/mol. The molecule has 106 valence electrons. The maximum atomic E-state index is 2.30. The summed E-state index contributed by atoms with van der Waals surface area (Å²) in [4.78, 5) is 0. The van der Waals surface area contributed by atoms with Gasteiger partial charge in [0.2, 0.25) is 0 Å². The maximum Gasteiger partial charge on any atom is -0.00931 e. The van der Waals surface area contributed by atoms with E-state index in [-0.39, 0.29) is 0 Å². The molecule has 0 spiro atoms. The van der Waals surface area contributed by atoms with Gasteiger partial charge >= 0.3 is 0 Å². The molecule has 0 N–H and O–H groups in total. The van der Waals surface area contributed by atoms with Crippen molar-refractivity contribution in [2.45, 2.75) is 51.4 Å². The topological polar surface area (TPSA) is 0 Å². The minimum Gasteiger partial charge on any atom is -0.0683 e. The number of hydrogen-bond acceptors (Lipinski definition) is 0. The first-order chi connectivity index (χ1) is 9.95. The maximum absolute atomic E-state index is 2.30. The fourth-order valence-electron chi connectivity index (χ4n) is 3.33. The van der Waals surface area contributed by atoms with Gasteiger partial charge in [-0.15, -0.1) is 0 Å². The molecule has 20 heavy (non-hydrogen) atoms. The lowest BCUT2D eigenvalue weighted by atomic mass is 9.72. The van der Waals surface area contributed by atoms with Crippen LogP contribution in [-0.4, -0.2) is 0 Å². The van der Waals surface area contributed by atoms with Gasteiger partial charge in [-0.05, 0) is 35.8 Å². The second-order valence-corrected chi connectivity index (χ2v) is 5.32. The summed E-state index contributed by atoms with van der Waals surface area (Å²) in [6, 6.07) is 22.1. The minimum atomic E-state index is 0.711. The molecular weight excluding hydrogens is 240 g/mol. The van der Waals surface area contributed by atoms with E-state index in [9.17, 15) is 0 Å². The number of benzene rings is 2. The van der Waals surface area contributed by atoms with Gasteiger partial charge in [-0.1, -0.05) is 87.4 Å². The Morgan fingerprint density at radius 3 is 1.30 bits per heavy atom. The van der Waals surface area contributed by atoms with E-state index in [1.54, 1.807) is 0 Å². The first-order valence-corrected chi connectivity index (χ1v) is 8.05. The Morgan fingerprint density at radius 2 is 0.950 bits per heavy atom. The van der Waals surface area contributed by atoms with Crippen molar-refractivity contribution in [2.75, 3.05) is 0 Å². The predicted octanol–water partition coefficient (Wildman–Crippen LogP) is 6.15. The number of rotatable bonds is 2. The minimum absolute atomic E-state index is 0.711. The Bertz CT molecular complexity index is 424. The van der Waals surface area contributed by atoms with Crippen LogP contribution < -0.4 is 0 Å². The van der Waals surface area contributed by atoms with E-state index in [1.165, 1.54) is 36.8 Å². The van der Waals surface area contributed by atoms with E-state index in [4.69, 9.17) is 0 Å². The van der Waals surface area contributed by atoms with Crippen LogP contribution in [0.3, 0.4) is 0 Å². The Hall–Kier alpha value is -1.56. The molecule has 0 nitrogen and oxygen atoms in total. The fraction of sp³-hybridized carbons (Fsp3) is 0.400. The monoisotopic (exact) mass is 266 g/mol. The van der Waals surface area contributed by atoms with E-state index < -0.39 is 0 Å². The zero-order valence-corrected chi connectivity index (χ0v) is 12.8. The second-order valence-electron chi connectivity index (χ2n) is 5.32. The standard InChI is InChI=1S/C18H20.C2H6/c1-3-9-15(10-4-1)17-13-7-8-14-18(17)16-11-5-2-6-12-16;1-2/h1-6,9-12,17-18H,7-8,13-14H2;1-2H3. The molecule has 0 radical (unpaired) electrons. The van der Waals surface area contributed by atoms with Gasteiger partial charge in [0.15, 0.2) is 0 Å². The van der Waals surface area contributed by atoms with Gasteiger partial charge in [0.05, 0.1) is 0 Å². The van der Waals surface area contributed by atoms with Crippen LogP contribution in [0.25, 0.3) is 0 Å². The Balaban J connectivity index is 0.000000704. The summed E-state index contributed by atoms with van der Waals surface area (Å²) in [6.07, 6.45) is 5.43. The van der Waals surface area contributed by atoms with Crippen LogP contribution in [0.4, 0.5) is 0 Å². The van der Waals surface area contributed by atoms with Crippen molar-refractivity contribution < 1.29 is 0 Å². The zero-order valence-electron chi connectivity index (χ0n) is 12.8. The molecule has 3 rings (SSSR count). The van der Waals surface area contributed by atoms with Gasteiger partial charge in [-0.3, -0.25) is 0 Å². The van der Waals surface area contributed by atoms with Gasteiger partial charge in [0, 0.05) is 0 Å². The summed E-state index contributed by atoms with van der Waals surface area (Å²) in [5, 5.41) is 0. The van der Waals surface area contributed by atoms with Crippen molar-refractivity contribution in [3.63, 3.8) is 0 Å². The van der Waals surface area contributed by atoms with Crippen molar-refractivity contribution in [1.82, 2.24) is 0 Å². The van der Waals surface area contributed by atoms with Crippen molar-refractivity contribution in [2.24, 2.45) is 0 Å². The van der Waals surface area contributed by atoms with E-state index in [2.05, 4.69) is 60.7 Å². The Morgan fingerprint density at radius 1 is 0.600 bits per heavy atom. The van der Waals surface area contributed by atoms with Gasteiger partial charge in [-0.2, -0.15) is 0 Å². The van der Waals surface area contributed by atoms with Crippen LogP contribution in [0.15, 0.2) is 60.7 Å². The fourth-order valence-corrected chi connectivity index (χ4v) is 3.33. The van der Waals surface area contributed by atoms with Crippen LogP contribution >= 0.6 is 0 Å². The Kier molecular flexibility index (Phi) is 5.86. The van der Waals surface area contributed by atoms with Crippen LogP contribution in [0.2, 0.25) is 0 Å². The quantitative estimate of drug-likeness (QED) is 0.611. The van der Waals surface area contributed by atoms with E-state index >= 15 is 0 Å². The first kappa shape index (κ1) is 14.8. The highest BCUT2D eigenvalue weighted by molar-refractivity contribution is 5.29. The average Bonchev–Trinajstić information content (AvgIpc) is 2.58. The summed E-state index contributed by atoms with van der Waals surface area (Å²) in [5.74, 6) is 1.42. The SMILES string of the molecule is CC.c1ccc(C2CCCCC2c2ccccc2)cc1. The van der Waals surface area contributed by atoms with E-state index in [0.717, 1.165) is 0 Å². The summed E-state index contributed by atoms with van der Waals surface area (Å²) in [7, 11) is 0. The largest absolute Gasteiger partial charge is 0.0683 e. The third-order valence-electron chi connectivity index (χ3n) is 4.22. The third-order valence-corrected chi connectivity index (χ3v) is 4.22. The molecule has 2 aromatic rings. The van der Waals surface area contributed by atoms with Crippen LogP contribution in [0.1, 0.15) is 62.5 Å². The lowest BCUT2D eigenvalue weighted by Crippen LogP contribution is -2.16. The average molecular weight is 266 g/mol. The lowest BCUT2D eigenvalue weighted by Gasteiger charge is -2.32. The molecule has 0 aromatic heterocycles. The smallest absolute Gasteiger partial charge is 0.00931 e. The summed E-state index contributed by atoms with van der Waals surface area (Å²) in [5.41, 5.74) is 3.04. The Labute approximate surface area is 123 Å². The molecule has 2 aromatic carbocycles. The van der Waals surface area contributed by atoms with Crippen LogP contribution in [0, 0.1) is 0 Å². The van der Waals surface area contributed by atoms with Crippen molar-refractivity contribution in [1.29, 1.82) is 0 Å². The lowest BCUT2D eigenvalue weighted by molar-refractivity contribution is 0.386. The van der Waals surface area contributed by atoms with Gasteiger partial charge in [0.25, 0.3) is 0 Å². The molecule has 0 amide bonds. The van der Waals surface area contributed by atoms with Crippen molar-refractivity contribution in [3.8, 4) is 0 Å². The normalized spacial score (nSPS) is 21.7. The van der Waals surface area contributed by atoms with E-state index in [0.29, 0.717) is 11.8 Å². The molecule has 2 atom stereocenters. The molecule has 1 aliphatic rings. The van der Waals surface area contributed by atoms with Crippen LogP contribution in [0.5, 0.6) is 0 Å². The molecule has 0 heteroatoms. The molecule has 1 fully saturated rings. The molecular formula is C20H26. The molecule has 0 aliphatic heterocycles. The third kappa shape index (κ3) is 3.50. The number of hydrogen-bond donors (Lipinski definition) is 0. The first-order valence-electron chi connectivity index (χ1n) is 8.05.